The summed E-state index contributed by atoms with van der Waals surface area (Å²) in [6.07, 6.45) is 32.4. The predicted octanol–water partition coefficient (Wildman–Crippen LogP) is 9.34. The van der Waals surface area contributed by atoms with Crippen molar-refractivity contribution < 1.29 is 20.0 Å². The van der Waals surface area contributed by atoms with Gasteiger partial charge in [-0.25, -0.2) is 0 Å². The first-order valence-electron chi connectivity index (χ1n) is 14.7. The fourth-order valence-electron chi connectivity index (χ4n) is 2.68. The molecule has 1 nitrogen and oxygen atoms in total. The molecule has 0 saturated carbocycles. The van der Waals surface area contributed by atoms with Crippen LogP contribution in [0.1, 0.15) is 126 Å². The Balaban J connectivity index is -0.0000000464. The van der Waals surface area contributed by atoms with Crippen LogP contribution in [0.5, 0.6) is 0 Å². The van der Waals surface area contributed by atoms with Crippen molar-refractivity contribution in [1.82, 2.24) is 0 Å². The molecule has 1 rings (SSSR count). The predicted molar refractivity (Wildman–Crippen MR) is 194 cm³/mol. The van der Waals surface area contributed by atoms with E-state index in [1.54, 1.807) is 0 Å². The van der Waals surface area contributed by atoms with Crippen molar-refractivity contribution in [2.75, 3.05) is 36.2 Å². The molecule has 0 amide bonds. The zero-order valence-corrected chi connectivity index (χ0v) is 33.9. The van der Waals surface area contributed by atoms with Crippen molar-refractivity contribution in [1.29, 1.82) is 0 Å². The van der Waals surface area contributed by atoms with Gasteiger partial charge in [-0.05, 0) is 70.6 Å². The zero-order valence-electron chi connectivity index (χ0n) is 28.4. The maximum atomic E-state index is 5.57. The summed E-state index contributed by atoms with van der Waals surface area (Å²) in [5.74, 6) is 2.39. The van der Waals surface area contributed by atoms with E-state index < -0.39 is 0 Å². The Morgan fingerprint density at radius 1 is 0.625 bits per heavy atom. The summed E-state index contributed by atoms with van der Waals surface area (Å²) in [6, 6.07) is 0. The Morgan fingerprint density at radius 2 is 1.05 bits per heavy atom. The minimum absolute atomic E-state index is 0. The van der Waals surface area contributed by atoms with Crippen molar-refractivity contribution in [2.24, 2.45) is 0 Å². The van der Waals surface area contributed by atoms with E-state index in [1.807, 2.05) is 0 Å². The molecule has 8 heteroatoms. The number of unbranched alkanes of at least 4 members (excludes halogenated alkanes) is 7. The van der Waals surface area contributed by atoms with E-state index in [4.69, 9.17) is 39.5 Å². The van der Waals surface area contributed by atoms with Gasteiger partial charge >= 0.3 is 46.1 Å². The van der Waals surface area contributed by atoms with Crippen LogP contribution < -0.4 is 12.4 Å². The van der Waals surface area contributed by atoms with Gasteiger partial charge in [0.05, 0.1) is 0 Å². The molecule has 0 unspecified atom stereocenters. The Morgan fingerprint density at radius 3 is 1.40 bits per heavy atom. The van der Waals surface area contributed by atoms with E-state index in [0.29, 0.717) is 0 Å². The molecule has 0 aromatic carbocycles. The van der Waals surface area contributed by atoms with Crippen LogP contribution in [0.3, 0.4) is 0 Å². The van der Waals surface area contributed by atoms with Gasteiger partial charge in [-0.2, -0.15) is 6.42 Å². The standard InChI is InChI=1S/C11H21Cl.C6H11Cl.C6H11.C5H10BrCl.C4H8O.ClH.2Mg.2H/c1-2-3-4-5-6-7-8-9-10-11-12;1-2-3-4-5-6-7;1-3-5-6-4-2;6-4-2-1-3-5-7;1-2-4-5-3-1;;;;;/h3-4H,2,5-11H2,1H3;3-4H,2,5-6H2,1H3;5-6H,1,3-4H2,2H3;1-5H2;1-4H2;1H;;;;/q;;-1;;;;2*+2;2*-1/p-1/b2*4-3+;6-5+;;;;;;;. The summed E-state index contributed by atoms with van der Waals surface area (Å²) in [7, 11) is 0. The number of ether oxygens (including phenoxy) is 1. The van der Waals surface area contributed by atoms with Crippen molar-refractivity contribution in [3.8, 4) is 0 Å². The van der Waals surface area contributed by atoms with Crippen LogP contribution >= 0.6 is 50.7 Å². The van der Waals surface area contributed by atoms with Crippen LogP contribution in [0.2, 0.25) is 0 Å². The maximum absolute atomic E-state index is 5.57. The van der Waals surface area contributed by atoms with E-state index in [0.717, 1.165) is 68.3 Å². The molecule has 236 valence electrons. The van der Waals surface area contributed by atoms with Gasteiger partial charge in [0.1, 0.15) is 0 Å². The Kier molecular flexibility index (Phi) is 99.2. The van der Waals surface area contributed by atoms with Crippen molar-refractivity contribution in [2.45, 2.75) is 124 Å². The number of rotatable bonds is 17. The topological polar surface area (TPSA) is 9.23 Å². The van der Waals surface area contributed by atoms with Crippen LogP contribution in [0.15, 0.2) is 36.5 Å². The van der Waals surface area contributed by atoms with Gasteiger partial charge in [-0.15, -0.1) is 40.9 Å². The first-order chi connectivity index (χ1) is 18.2. The molecule has 1 saturated heterocycles. The SMILES string of the molecule is C1CCOC1.CC/C=C/CCCCCCCCl.CC/C=C/CCCl.ClCCCCCBr.[CH2-]C/C=C/CC.[Cl-].[H-].[H-].[Mg+2].[Mg+2]. The van der Waals surface area contributed by atoms with Crippen molar-refractivity contribution in [3.63, 3.8) is 0 Å². The second-order valence-electron chi connectivity index (χ2n) is 8.41. The summed E-state index contributed by atoms with van der Waals surface area (Å²) >= 11 is 19.7. The first-order valence-corrected chi connectivity index (χ1v) is 17.4. The first kappa shape index (κ1) is 57.9. The molecule has 40 heavy (non-hydrogen) atoms. The van der Waals surface area contributed by atoms with Crippen LogP contribution in [0, 0.1) is 6.92 Å². The molecule has 0 N–H and O–H groups in total. The molecule has 0 aromatic heterocycles. The minimum atomic E-state index is 0. The molecule has 0 aromatic rings. The molecule has 0 atom stereocenters. The normalized spacial score (nSPS) is 11.4. The number of alkyl halides is 4. The van der Waals surface area contributed by atoms with Gasteiger partial charge < -0.3 is 26.9 Å². The van der Waals surface area contributed by atoms with Crippen LogP contribution in [-0.4, -0.2) is 82.3 Å². The van der Waals surface area contributed by atoms with Gasteiger partial charge in [0.2, 0.25) is 0 Å². The molecule has 1 aliphatic heterocycles. The molecule has 1 aliphatic rings. The Bertz CT molecular complexity index is 420. The number of allylic oxidation sites excluding steroid dienone is 6. The summed E-state index contributed by atoms with van der Waals surface area (Å²) in [5.41, 5.74) is 0. The van der Waals surface area contributed by atoms with Gasteiger partial charge in [0.15, 0.2) is 0 Å². The Hall–Kier alpha value is 2.35. The summed E-state index contributed by atoms with van der Waals surface area (Å²) < 4.78 is 4.94. The summed E-state index contributed by atoms with van der Waals surface area (Å²) in [6.45, 7) is 12.0. The quantitative estimate of drug-likeness (QED) is 0.0476. The van der Waals surface area contributed by atoms with E-state index in [9.17, 15) is 0 Å². The van der Waals surface area contributed by atoms with E-state index in [-0.39, 0.29) is 61.4 Å². The third-order valence-electron chi connectivity index (χ3n) is 4.75. The third-order valence-corrected chi connectivity index (χ3v) is 6.06. The molecular weight excluding hydrogens is 671 g/mol. The largest absolute Gasteiger partial charge is 2.00 e. The molecule has 0 spiro atoms. The molecule has 0 radical (unpaired) electrons. The van der Waals surface area contributed by atoms with Crippen molar-refractivity contribution >= 4 is 96.8 Å². The molecule has 1 fully saturated rings. The average molecular weight is 734 g/mol. The Labute approximate surface area is 317 Å². The van der Waals surface area contributed by atoms with E-state index >= 15 is 0 Å². The second kappa shape index (κ2) is 68.5. The van der Waals surface area contributed by atoms with Gasteiger partial charge in [-0.3, -0.25) is 0 Å². The van der Waals surface area contributed by atoms with Crippen LogP contribution in [0.4, 0.5) is 0 Å². The zero-order chi connectivity index (χ0) is 28.5. The molecular formula is C32H63BrCl4Mg2O. The van der Waals surface area contributed by atoms with Gasteiger partial charge in [0, 0.05) is 36.2 Å². The van der Waals surface area contributed by atoms with Crippen molar-refractivity contribution in [3.05, 3.63) is 43.4 Å². The van der Waals surface area contributed by atoms with Gasteiger partial charge in [0.25, 0.3) is 0 Å². The summed E-state index contributed by atoms with van der Waals surface area (Å²) in [4.78, 5) is 0. The second-order valence-corrected chi connectivity index (χ2v) is 10.3. The van der Waals surface area contributed by atoms with Crippen LogP contribution in [0.25, 0.3) is 0 Å². The smallest absolute Gasteiger partial charge is 1.00 e. The molecule has 1 heterocycles. The minimum Gasteiger partial charge on any atom is -1.00 e. The van der Waals surface area contributed by atoms with Gasteiger partial charge in [-0.1, -0.05) is 92.8 Å². The molecule has 0 aliphatic carbocycles. The fraction of sp³-hybridized carbons (Fsp3) is 0.781. The van der Waals surface area contributed by atoms with Crippen LogP contribution in [-0.2, 0) is 4.74 Å². The average Bonchev–Trinajstić information content (AvgIpc) is 3.51. The molecule has 0 bridgehead atoms. The monoisotopic (exact) mass is 730 g/mol. The van der Waals surface area contributed by atoms with E-state index in [1.165, 1.54) is 70.6 Å². The number of hydrogen-bond donors (Lipinski definition) is 0. The third kappa shape index (κ3) is 83.5. The fourth-order valence-corrected chi connectivity index (χ4v) is 3.58. The summed E-state index contributed by atoms with van der Waals surface area (Å²) in [5, 5.41) is 1.11. The number of hydrogen-bond acceptors (Lipinski definition) is 1. The number of halogens is 5. The van der Waals surface area contributed by atoms with E-state index in [2.05, 4.69) is 80.1 Å². The maximum Gasteiger partial charge on any atom is 2.00 e.